The van der Waals surface area contributed by atoms with Gasteiger partial charge in [-0.25, -0.2) is 9.59 Å². The van der Waals surface area contributed by atoms with Crippen molar-refractivity contribution in [2.75, 3.05) is 26.4 Å². The van der Waals surface area contributed by atoms with Crippen LogP contribution in [0.4, 0.5) is 9.59 Å². The van der Waals surface area contributed by atoms with Gasteiger partial charge in [-0.05, 0) is 99.6 Å². The van der Waals surface area contributed by atoms with Crippen LogP contribution in [0.2, 0.25) is 0 Å². The number of allylic oxidation sites excluding steroid dienone is 1. The Labute approximate surface area is 366 Å². The SMILES string of the molecule is C=CCO[C@@]12Oc3ccc(OC(=O)NCc4ccccc4)cc3[C@H]3[C@H](CCCCO)[C@@H](CCCCO)C=C(C(=NOC(C)(C)C)C[C@@H]1N(CCC)C(=O)OCc1ccccc1)[C@H]32. The highest BCUT2D eigenvalue weighted by Gasteiger charge is 2.65. The minimum Gasteiger partial charge on any atom is -0.459 e. The van der Waals surface area contributed by atoms with Crippen LogP contribution in [0.15, 0.2) is 108 Å². The van der Waals surface area contributed by atoms with Crippen LogP contribution in [0.1, 0.15) is 102 Å². The van der Waals surface area contributed by atoms with Gasteiger partial charge in [-0.15, -0.1) is 6.58 Å². The third kappa shape index (κ3) is 11.3. The molecule has 0 saturated heterocycles. The van der Waals surface area contributed by atoms with Gasteiger partial charge in [0, 0.05) is 44.2 Å². The number of benzene rings is 3. The first-order valence-corrected chi connectivity index (χ1v) is 22.2. The third-order valence-corrected chi connectivity index (χ3v) is 11.8. The Kier molecular flexibility index (Phi) is 16.3. The van der Waals surface area contributed by atoms with Crippen LogP contribution in [0.3, 0.4) is 0 Å². The molecule has 3 aromatic rings. The average Bonchev–Trinajstić information content (AvgIpc) is 3.27. The number of rotatable bonds is 20. The van der Waals surface area contributed by atoms with Crippen molar-refractivity contribution >= 4 is 17.9 Å². The highest BCUT2D eigenvalue weighted by Crippen LogP contribution is 2.62. The number of unbranched alkanes of at least 4 members (excludes halogenated alkanes) is 2. The Morgan fingerprint density at radius 3 is 2.32 bits per heavy atom. The van der Waals surface area contributed by atoms with Gasteiger partial charge in [0.15, 0.2) is 0 Å². The largest absolute Gasteiger partial charge is 0.459 e. The summed E-state index contributed by atoms with van der Waals surface area (Å²) < 4.78 is 26.4. The predicted octanol–water partition coefficient (Wildman–Crippen LogP) is 9.46. The van der Waals surface area contributed by atoms with Gasteiger partial charge in [-0.3, -0.25) is 4.90 Å². The zero-order chi connectivity index (χ0) is 44.1. The molecule has 12 heteroatoms. The van der Waals surface area contributed by atoms with E-state index in [1.165, 1.54) is 0 Å². The number of aliphatic hydroxyl groups excluding tert-OH is 2. The summed E-state index contributed by atoms with van der Waals surface area (Å²) in [6.07, 6.45) is 8.22. The number of fused-ring (bicyclic) bond motifs is 2. The number of nitrogens with one attached hydrogen (secondary N) is 1. The monoisotopic (exact) mass is 851 g/mol. The maximum atomic E-state index is 14.5. The van der Waals surface area contributed by atoms with E-state index < -0.39 is 35.5 Å². The highest BCUT2D eigenvalue weighted by molar-refractivity contribution is 6.03. The minimum atomic E-state index is -1.44. The maximum Gasteiger partial charge on any atom is 0.412 e. The van der Waals surface area contributed by atoms with Gasteiger partial charge in [0.1, 0.15) is 29.7 Å². The molecule has 6 atom stereocenters. The lowest BCUT2D eigenvalue weighted by atomic mass is 9.55. The fourth-order valence-corrected chi connectivity index (χ4v) is 9.23. The van der Waals surface area contributed by atoms with Crippen LogP contribution in [0, 0.1) is 17.8 Å². The minimum absolute atomic E-state index is 0.00121. The van der Waals surface area contributed by atoms with Crippen LogP contribution in [0.5, 0.6) is 11.5 Å². The molecule has 3 N–H and O–H groups in total. The van der Waals surface area contributed by atoms with E-state index in [4.69, 9.17) is 28.9 Å². The van der Waals surface area contributed by atoms with Crippen molar-refractivity contribution in [3.8, 4) is 11.5 Å². The van der Waals surface area contributed by atoms with E-state index in [9.17, 15) is 19.8 Å². The summed E-state index contributed by atoms with van der Waals surface area (Å²) in [5.41, 5.74) is 3.65. The first kappa shape index (κ1) is 46.3. The molecule has 0 spiro atoms. The molecule has 0 bridgehead atoms. The molecular weight excluding hydrogens is 787 g/mol. The standard InChI is InChI=1S/C50H65N3O9/c1-6-26-53(48(57)58-34-36-20-12-9-13-21-36)44-32-42(52-62-49(3,4)5)40-30-37(22-14-16-27-54)39(23-15-17-28-55)45-41-31-38(60-47(56)51-33-35-18-10-8-11-19-35)24-25-43(41)61-50(44,46(40)45)59-29-7-2/h7-13,18-21,24-25,30-31,37,39,44-46,54-55H,2,6,14-17,22-23,26-29,32-34H2,1,3-5H3,(H,51,56)/t37-,39+,44-,45+,46+,50+/m0/s1. The molecule has 0 unspecified atom stereocenters. The zero-order valence-corrected chi connectivity index (χ0v) is 36.8. The van der Waals surface area contributed by atoms with Gasteiger partial charge in [0.2, 0.25) is 5.79 Å². The summed E-state index contributed by atoms with van der Waals surface area (Å²) in [7, 11) is 0. The maximum absolute atomic E-state index is 14.5. The van der Waals surface area contributed by atoms with Crippen LogP contribution in [-0.4, -0.2) is 76.8 Å². The van der Waals surface area contributed by atoms with Crippen molar-refractivity contribution in [1.29, 1.82) is 0 Å². The van der Waals surface area contributed by atoms with Crippen LogP contribution < -0.4 is 14.8 Å². The molecule has 2 amide bonds. The number of carbonyl (C=O) groups excluding carboxylic acids is 2. The number of aliphatic hydroxyl groups is 2. The molecule has 0 radical (unpaired) electrons. The summed E-state index contributed by atoms with van der Waals surface area (Å²) in [6.45, 7) is 12.9. The van der Waals surface area contributed by atoms with E-state index in [-0.39, 0.29) is 50.6 Å². The molecule has 2 aliphatic carbocycles. The van der Waals surface area contributed by atoms with E-state index in [0.29, 0.717) is 49.6 Å². The van der Waals surface area contributed by atoms with Gasteiger partial charge in [0.25, 0.3) is 0 Å². The molecule has 1 saturated carbocycles. The van der Waals surface area contributed by atoms with Gasteiger partial charge in [-0.2, -0.15) is 0 Å². The molecule has 12 nitrogen and oxygen atoms in total. The lowest BCUT2D eigenvalue weighted by Crippen LogP contribution is -2.70. The zero-order valence-electron chi connectivity index (χ0n) is 36.8. The first-order chi connectivity index (χ1) is 30.0. The van der Waals surface area contributed by atoms with Gasteiger partial charge < -0.3 is 39.3 Å². The number of hydrogen-bond acceptors (Lipinski definition) is 10. The Morgan fingerprint density at radius 1 is 0.968 bits per heavy atom. The topological polar surface area (TPSA) is 148 Å². The molecule has 3 aromatic carbocycles. The van der Waals surface area contributed by atoms with E-state index in [1.54, 1.807) is 17.0 Å². The Balaban J connectivity index is 1.52. The average molecular weight is 852 g/mol. The number of amides is 2. The Hall–Kier alpha value is -5.17. The molecular formula is C50H65N3O9. The first-order valence-electron chi connectivity index (χ1n) is 22.2. The quantitative estimate of drug-likeness (QED) is 0.0575. The summed E-state index contributed by atoms with van der Waals surface area (Å²) in [4.78, 5) is 35.7. The molecule has 1 aliphatic heterocycles. The summed E-state index contributed by atoms with van der Waals surface area (Å²) in [5, 5.41) is 27.6. The number of carbonyl (C=O) groups is 2. The van der Waals surface area contributed by atoms with Crippen molar-refractivity contribution in [3.05, 3.63) is 120 Å². The van der Waals surface area contributed by atoms with Gasteiger partial charge in [0.05, 0.1) is 18.2 Å². The summed E-state index contributed by atoms with van der Waals surface area (Å²) >= 11 is 0. The van der Waals surface area contributed by atoms with Crippen molar-refractivity contribution < 1.29 is 43.6 Å². The van der Waals surface area contributed by atoms with Crippen LogP contribution >= 0.6 is 0 Å². The second-order valence-corrected chi connectivity index (χ2v) is 17.4. The number of nitrogens with zero attached hydrogens (tertiary/aromatic N) is 2. The van der Waals surface area contributed by atoms with Gasteiger partial charge >= 0.3 is 12.2 Å². The van der Waals surface area contributed by atoms with Crippen molar-refractivity contribution in [1.82, 2.24) is 10.2 Å². The lowest BCUT2D eigenvalue weighted by molar-refractivity contribution is -0.255. The highest BCUT2D eigenvalue weighted by atomic mass is 16.7. The second-order valence-electron chi connectivity index (χ2n) is 17.4. The Morgan fingerprint density at radius 2 is 1.66 bits per heavy atom. The predicted molar refractivity (Wildman–Crippen MR) is 239 cm³/mol. The second kappa shape index (κ2) is 21.8. The van der Waals surface area contributed by atoms with Gasteiger partial charge in [-0.1, -0.05) is 97.7 Å². The summed E-state index contributed by atoms with van der Waals surface area (Å²) in [6, 6.07) is 23.9. The lowest BCUT2D eigenvalue weighted by Gasteiger charge is -2.60. The molecule has 3 aliphatic rings. The number of hydrogen-bond donors (Lipinski definition) is 3. The van der Waals surface area contributed by atoms with Crippen molar-refractivity contribution in [3.63, 3.8) is 0 Å². The smallest absolute Gasteiger partial charge is 0.412 e. The fraction of sp³-hybridized carbons (Fsp3) is 0.500. The number of ether oxygens (including phenoxy) is 4. The molecule has 0 aromatic heterocycles. The van der Waals surface area contributed by atoms with Crippen LogP contribution in [-0.2, 0) is 27.5 Å². The normalized spacial score (nSPS) is 23.2. The fourth-order valence-electron chi connectivity index (χ4n) is 9.23. The molecule has 62 heavy (non-hydrogen) atoms. The van der Waals surface area contributed by atoms with Crippen molar-refractivity contribution in [2.45, 2.75) is 116 Å². The van der Waals surface area contributed by atoms with E-state index >= 15 is 0 Å². The van der Waals surface area contributed by atoms with Crippen molar-refractivity contribution in [2.24, 2.45) is 22.9 Å². The summed E-state index contributed by atoms with van der Waals surface area (Å²) in [5.74, 6) is -1.30. The molecule has 334 valence electrons. The number of oxime groups is 1. The van der Waals surface area contributed by atoms with E-state index in [1.807, 2.05) is 100 Å². The Bertz CT molecular complexity index is 2000. The van der Waals surface area contributed by atoms with E-state index in [2.05, 4.69) is 18.0 Å². The van der Waals surface area contributed by atoms with E-state index in [0.717, 1.165) is 47.9 Å². The third-order valence-electron chi connectivity index (χ3n) is 11.8. The molecule has 1 fully saturated rings. The molecule has 6 rings (SSSR count). The molecule has 1 heterocycles. The van der Waals surface area contributed by atoms with Crippen LogP contribution in [0.25, 0.3) is 0 Å².